The van der Waals surface area contributed by atoms with Gasteiger partial charge in [0.2, 0.25) is 0 Å². The van der Waals surface area contributed by atoms with E-state index in [0.717, 1.165) is 28.1 Å². The maximum absolute atomic E-state index is 6.00. The fourth-order valence-electron chi connectivity index (χ4n) is 2.67. The third-order valence-corrected chi connectivity index (χ3v) is 3.97. The summed E-state index contributed by atoms with van der Waals surface area (Å²) in [6, 6.07) is 10.4. The van der Waals surface area contributed by atoms with Crippen LogP contribution in [0, 0.1) is 20.8 Å². The molecule has 2 N–H and O–H groups in total. The summed E-state index contributed by atoms with van der Waals surface area (Å²) in [6.07, 6.45) is 0. The standard InChI is InChI=1S/C17H19N3/c1-10-5-6-16-15(7-10)19-17(20(16)4)14-9-13(18)8-11(2)12(14)3/h5-9H,18H2,1-4H3. The molecule has 0 aliphatic carbocycles. The van der Waals surface area contributed by atoms with Gasteiger partial charge in [0.1, 0.15) is 5.82 Å². The summed E-state index contributed by atoms with van der Waals surface area (Å²) in [7, 11) is 2.05. The molecule has 0 aliphatic rings. The van der Waals surface area contributed by atoms with E-state index in [4.69, 9.17) is 10.7 Å². The predicted molar refractivity (Wildman–Crippen MR) is 84.8 cm³/mol. The van der Waals surface area contributed by atoms with Crippen molar-refractivity contribution < 1.29 is 0 Å². The Morgan fingerprint density at radius 3 is 2.55 bits per heavy atom. The van der Waals surface area contributed by atoms with E-state index in [1.165, 1.54) is 16.7 Å². The number of imidazole rings is 1. The highest BCUT2D eigenvalue weighted by Gasteiger charge is 2.13. The molecular weight excluding hydrogens is 246 g/mol. The van der Waals surface area contributed by atoms with Crippen LogP contribution in [0.4, 0.5) is 5.69 Å². The Morgan fingerprint density at radius 1 is 1.05 bits per heavy atom. The lowest BCUT2D eigenvalue weighted by Gasteiger charge is -2.10. The van der Waals surface area contributed by atoms with Gasteiger partial charge < -0.3 is 10.3 Å². The monoisotopic (exact) mass is 265 g/mol. The number of nitrogens with two attached hydrogens (primary N) is 1. The lowest BCUT2D eigenvalue weighted by molar-refractivity contribution is 0.957. The van der Waals surface area contributed by atoms with E-state index >= 15 is 0 Å². The van der Waals surface area contributed by atoms with Crippen LogP contribution >= 0.6 is 0 Å². The van der Waals surface area contributed by atoms with E-state index in [2.05, 4.69) is 50.6 Å². The molecular formula is C17H19N3. The minimum absolute atomic E-state index is 0.784. The van der Waals surface area contributed by atoms with E-state index in [9.17, 15) is 0 Å². The molecule has 0 unspecified atom stereocenters. The molecule has 0 radical (unpaired) electrons. The highest BCUT2D eigenvalue weighted by atomic mass is 15.1. The van der Waals surface area contributed by atoms with Crippen LogP contribution in [0.1, 0.15) is 16.7 Å². The number of nitrogens with zero attached hydrogens (tertiary/aromatic N) is 2. The minimum Gasteiger partial charge on any atom is -0.399 e. The van der Waals surface area contributed by atoms with Gasteiger partial charge in [-0.3, -0.25) is 0 Å². The Balaban J connectivity index is 2.32. The number of nitrogen functional groups attached to an aromatic ring is 1. The summed E-state index contributed by atoms with van der Waals surface area (Å²) in [5.74, 6) is 0.971. The molecule has 2 aromatic carbocycles. The van der Waals surface area contributed by atoms with Crippen molar-refractivity contribution in [3.8, 4) is 11.4 Å². The average Bonchev–Trinajstić information content (AvgIpc) is 2.70. The third kappa shape index (κ3) is 1.86. The largest absolute Gasteiger partial charge is 0.399 e. The molecule has 3 aromatic rings. The average molecular weight is 265 g/mol. The molecule has 3 nitrogen and oxygen atoms in total. The zero-order valence-electron chi connectivity index (χ0n) is 12.4. The van der Waals surface area contributed by atoms with Crippen LogP contribution < -0.4 is 5.73 Å². The first-order valence-electron chi connectivity index (χ1n) is 6.77. The van der Waals surface area contributed by atoms with Crippen LogP contribution in [-0.4, -0.2) is 9.55 Å². The van der Waals surface area contributed by atoms with Gasteiger partial charge >= 0.3 is 0 Å². The molecule has 0 bridgehead atoms. The molecule has 0 amide bonds. The lowest BCUT2D eigenvalue weighted by atomic mass is 10.0. The fourth-order valence-corrected chi connectivity index (χ4v) is 2.67. The van der Waals surface area contributed by atoms with Crippen molar-refractivity contribution in [2.75, 3.05) is 5.73 Å². The number of benzene rings is 2. The second kappa shape index (κ2) is 4.37. The van der Waals surface area contributed by atoms with Gasteiger partial charge in [0.05, 0.1) is 11.0 Å². The van der Waals surface area contributed by atoms with Crippen molar-refractivity contribution in [2.45, 2.75) is 20.8 Å². The lowest BCUT2D eigenvalue weighted by Crippen LogP contribution is -1.98. The van der Waals surface area contributed by atoms with Crippen LogP contribution in [0.25, 0.3) is 22.4 Å². The minimum atomic E-state index is 0.784. The van der Waals surface area contributed by atoms with Crippen molar-refractivity contribution in [3.05, 3.63) is 47.0 Å². The van der Waals surface area contributed by atoms with E-state index in [-0.39, 0.29) is 0 Å². The summed E-state index contributed by atoms with van der Waals surface area (Å²) in [4.78, 5) is 4.79. The van der Waals surface area contributed by atoms with Crippen molar-refractivity contribution >= 4 is 16.7 Å². The first kappa shape index (κ1) is 12.7. The Bertz CT molecular complexity index is 813. The smallest absolute Gasteiger partial charge is 0.141 e. The molecule has 0 spiro atoms. The highest BCUT2D eigenvalue weighted by molar-refractivity contribution is 5.82. The second-order valence-electron chi connectivity index (χ2n) is 5.50. The molecule has 0 aliphatic heterocycles. The van der Waals surface area contributed by atoms with Crippen LogP contribution in [0.2, 0.25) is 0 Å². The van der Waals surface area contributed by atoms with Crippen molar-refractivity contribution in [1.29, 1.82) is 0 Å². The molecule has 1 heterocycles. The Labute approximate surface area is 119 Å². The Hall–Kier alpha value is -2.29. The van der Waals surface area contributed by atoms with E-state index in [1.54, 1.807) is 0 Å². The molecule has 3 heteroatoms. The van der Waals surface area contributed by atoms with Gasteiger partial charge in [0.25, 0.3) is 0 Å². The van der Waals surface area contributed by atoms with E-state index in [0.29, 0.717) is 0 Å². The van der Waals surface area contributed by atoms with Crippen LogP contribution in [0.5, 0.6) is 0 Å². The maximum atomic E-state index is 6.00. The van der Waals surface area contributed by atoms with Gasteiger partial charge in [-0.2, -0.15) is 0 Å². The van der Waals surface area contributed by atoms with Crippen LogP contribution in [0.15, 0.2) is 30.3 Å². The molecule has 1 aromatic heterocycles. The van der Waals surface area contributed by atoms with Gasteiger partial charge in [-0.05, 0) is 61.7 Å². The van der Waals surface area contributed by atoms with Gasteiger partial charge in [0.15, 0.2) is 0 Å². The zero-order valence-corrected chi connectivity index (χ0v) is 12.4. The van der Waals surface area contributed by atoms with Crippen LogP contribution in [0.3, 0.4) is 0 Å². The predicted octanol–water partition coefficient (Wildman–Crippen LogP) is 3.75. The third-order valence-electron chi connectivity index (χ3n) is 3.97. The summed E-state index contributed by atoms with van der Waals surface area (Å²) in [6.45, 7) is 6.29. The molecule has 0 saturated carbocycles. The number of aromatic nitrogens is 2. The molecule has 0 fully saturated rings. The number of hydrogen-bond donors (Lipinski definition) is 1. The second-order valence-corrected chi connectivity index (χ2v) is 5.50. The molecule has 0 saturated heterocycles. The molecule has 102 valence electrons. The quantitative estimate of drug-likeness (QED) is 0.681. The normalized spacial score (nSPS) is 11.2. The van der Waals surface area contributed by atoms with Crippen LogP contribution in [-0.2, 0) is 7.05 Å². The summed E-state index contributed by atoms with van der Waals surface area (Å²) < 4.78 is 2.13. The number of fused-ring (bicyclic) bond motifs is 1. The summed E-state index contributed by atoms with van der Waals surface area (Å²) >= 11 is 0. The number of anilines is 1. The number of aryl methyl sites for hydroxylation is 3. The molecule has 0 atom stereocenters. The summed E-state index contributed by atoms with van der Waals surface area (Å²) in [5, 5.41) is 0. The van der Waals surface area contributed by atoms with Gasteiger partial charge in [0, 0.05) is 18.3 Å². The fraction of sp³-hybridized carbons (Fsp3) is 0.235. The first-order chi connectivity index (χ1) is 9.47. The van der Waals surface area contributed by atoms with Crippen molar-refractivity contribution in [2.24, 2.45) is 7.05 Å². The van der Waals surface area contributed by atoms with Gasteiger partial charge in [-0.1, -0.05) is 6.07 Å². The topological polar surface area (TPSA) is 43.8 Å². The Kier molecular flexibility index (Phi) is 2.78. The number of hydrogen-bond acceptors (Lipinski definition) is 2. The van der Waals surface area contributed by atoms with E-state index < -0.39 is 0 Å². The zero-order chi connectivity index (χ0) is 14.4. The first-order valence-corrected chi connectivity index (χ1v) is 6.77. The van der Waals surface area contributed by atoms with Crippen molar-refractivity contribution in [1.82, 2.24) is 9.55 Å². The molecule has 20 heavy (non-hydrogen) atoms. The maximum Gasteiger partial charge on any atom is 0.141 e. The SMILES string of the molecule is Cc1ccc2c(c1)nc(-c1cc(N)cc(C)c1C)n2C. The van der Waals surface area contributed by atoms with E-state index in [1.807, 2.05) is 12.1 Å². The Morgan fingerprint density at radius 2 is 1.80 bits per heavy atom. The number of rotatable bonds is 1. The molecule has 3 rings (SSSR count). The van der Waals surface area contributed by atoms with Crippen molar-refractivity contribution in [3.63, 3.8) is 0 Å². The van der Waals surface area contributed by atoms with Gasteiger partial charge in [-0.25, -0.2) is 4.98 Å². The highest BCUT2D eigenvalue weighted by Crippen LogP contribution is 2.30. The van der Waals surface area contributed by atoms with Gasteiger partial charge in [-0.15, -0.1) is 0 Å². The summed E-state index contributed by atoms with van der Waals surface area (Å²) in [5.41, 5.74) is 13.7.